The third-order valence-electron chi connectivity index (χ3n) is 4.64. The highest BCUT2D eigenvalue weighted by Crippen LogP contribution is 2.32. The lowest BCUT2D eigenvalue weighted by atomic mass is 10.00. The van der Waals surface area contributed by atoms with E-state index in [1.165, 1.54) is 0 Å². The van der Waals surface area contributed by atoms with Crippen molar-refractivity contribution in [2.45, 2.75) is 38.5 Å². The highest BCUT2D eigenvalue weighted by molar-refractivity contribution is 5.45. The lowest BCUT2D eigenvalue weighted by Crippen LogP contribution is -2.31. The molecule has 1 aromatic carbocycles. The fourth-order valence-corrected chi connectivity index (χ4v) is 3.14. The maximum Gasteiger partial charge on any atom is 0.136 e. The molecule has 0 spiro atoms. The van der Waals surface area contributed by atoms with Gasteiger partial charge in [0.2, 0.25) is 0 Å². The topological polar surface area (TPSA) is 87.2 Å². The summed E-state index contributed by atoms with van der Waals surface area (Å²) < 4.78 is 7.03. The molecule has 7 nitrogen and oxygen atoms in total. The van der Waals surface area contributed by atoms with Crippen molar-refractivity contribution in [3.8, 4) is 11.8 Å². The summed E-state index contributed by atoms with van der Waals surface area (Å²) in [7, 11) is 1.56. The molecule has 1 atom stereocenters. The summed E-state index contributed by atoms with van der Waals surface area (Å²) in [5, 5.41) is 28.3. The highest BCUT2D eigenvalue weighted by Gasteiger charge is 2.40. The van der Waals surface area contributed by atoms with Crippen molar-refractivity contribution >= 4 is 0 Å². The summed E-state index contributed by atoms with van der Waals surface area (Å²) in [6.07, 6.45) is 2.45. The van der Waals surface area contributed by atoms with E-state index in [-0.39, 0.29) is 6.04 Å². The average molecular weight is 341 g/mol. The SMILES string of the molecule is COc1cc(CN2CC[C@](O)(c3cn(C(C)C)nn3)C2)ccc1C#N. The third kappa shape index (κ3) is 3.50. The van der Waals surface area contributed by atoms with Crippen molar-refractivity contribution in [2.75, 3.05) is 20.2 Å². The van der Waals surface area contributed by atoms with E-state index in [1.807, 2.05) is 32.2 Å². The molecule has 1 N–H and O–H groups in total. The van der Waals surface area contributed by atoms with Gasteiger partial charge in [0.05, 0.1) is 18.9 Å². The van der Waals surface area contributed by atoms with Gasteiger partial charge in [0.25, 0.3) is 0 Å². The Kier molecular flexibility index (Phi) is 4.75. The van der Waals surface area contributed by atoms with E-state index >= 15 is 0 Å². The van der Waals surface area contributed by atoms with E-state index in [2.05, 4.69) is 21.3 Å². The second kappa shape index (κ2) is 6.82. The van der Waals surface area contributed by atoms with Crippen LogP contribution >= 0.6 is 0 Å². The van der Waals surface area contributed by atoms with Gasteiger partial charge in [-0.1, -0.05) is 11.3 Å². The van der Waals surface area contributed by atoms with Gasteiger partial charge in [-0.25, -0.2) is 4.68 Å². The zero-order chi connectivity index (χ0) is 18.0. The van der Waals surface area contributed by atoms with Crippen molar-refractivity contribution in [1.82, 2.24) is 19.9 Å². The second-order valence-corrected chi connectivity index (χ2v) is 6.82. The van der Waals surface area contributed by atoms with Crippen LogP contribution in [0.3, 0.4) is 0 Å². The zero-order valence-electron chi connectivity index (χ0n) is 14.8. The van der Waals surface area contributed by atoms with Crippen LogP contribution in [0.25, 0.3) is 0 Å². The molecular weight excluding hydrogens is 318 g/mol. The van der Waals surface area contributed by atoms with Crippen LogP contribution in [-0.4, -0.2) is 45.2 Å². The number of nitrogens with zero attached hydrogens (tertiary/aromatic N) is 5. The van der Waals surface area contributed by atoms with Crippen LogP contribution in [0.15, 0.2) is 24.4 Å². The molecule has 1 aliphatic rings. The Bertz CT molecular complexity index is 795. The van der Waals surface area contributed by atoms with Crippen LogP contribution in [0.5, 0.6) is 5.75 Å². The van der Waals surface area contributed by atoms with Crippen molar-refractivity contribution in [1.29, 1.82) is 5.26 Å². The Balaban J connectivity index is 1.71. The number of aromatic nitrogens is 3. The lowest BCUT2D eigenvalue weighted by molar-refractivity contribution is 0.0408. The van der Waals surface area contributed by atoms with Crippen molar-refractivity contribution in [2.24, 2.45) is 0 Å². The number of aliphatic hydroxyl groups is 1. The number of hydrogen-bond acceptors (Lipinski definition) is 6. The number of likely N-dealkylation sites (tertiary alicyclic amines) is 1. The van der Waals surface area contributed by atoms with Gasteiger partial charge in [-0.3, -0.25) is 4.90 Å². The molecule has 7 heteroatoms. The Labute approximate surface area is 147 Å². The molecule has 0 bridgehead atoms. The molecule has 3 rings (SSSR count). The first kappa shape index (κ1) is 17.4. The molecule has 132 valence electrons. The van der Waals surface area contributed by atoms with Crippen LogP contribution in [-0.2, 0) is 12.1 Å². The molecule has 2 heterocycles. The molecule has 1 aromatic heterocycles. The van der Waals surface area contributed by atoms with E-state index in [1.54, 1.807) is 17.9 Å². The largest absolute Gasteiger partial charge is 0.495 e. The molecule has 0 amide bonds. The zero-order valence-corrected chi connectivity index (χ0v) is 14.8. The molecular formula is C18H23N5O2. The summed E-state index contributed by atoms with van der Waals surface area (Å²) in [6.45, 7) is 6.02. The van der Waals surface area contributed by atoms with Gasteiger partial charge in [-0.05, 0) is 38.0 Å². The van der Waals surface area contributed by atoms with Gasteiger partial charge >= 0.3 is 0 Å². The number of rotatable bonds is 5. The van der Waals surface area contributed by atoms with Crippen LogP contribution < -0.4 is 4.74 Å². The predicted molar refractivity (Wildman–Crippen MR) is 91.9 cm³/mol. The first-order valence-electron chi connectivity index (χ1n) is 8.39. The quantitative estimate of drug-likeness (QED) is 0.893. The minimum Gasteiger partial charge on any atom is -0.495 e. The number of hydrogen-bond donors (Lipinski definition) is 1. The van der Waals surface area contributed by atoms with Crippen LogP contribution in [0.2, 0.25) is 0 Å². The van der Waals surface area contributed by atoms with E-state index in [4.69, 9.17) is 10.00 Å². The van der Waals surface area contributed by atoms with Gasteiger partial charge in [0.1, 0.15) is 23.1 Å². The smallest absolute Gasteiger partial charge is 0.136 e. The summed E-state index contributed by atoms with van der Waals surface area (Å²) in [6, 6.07) is 7.91. The Hall–Kier alpha value is -2.43. The minimum absolute atomic E-state index is 0.216. The molecule has 0 unspecified atom stereocenters. The monoisotopic (exact) mass is 341 g/mol. The standard InChI is InChI=1S/C18H23N5O2/c1-13(2)23-11-17(20-21-23)18(24)6-7-22(12-18)10-14-4-5-15(9-19)16(8-14)25-3/h4-5,8,11,13,24H,6-7,10,12H2,1-3H3/t18-/m1/s1. The van der Waals surface area contributed by atoms with Crippen LogP contribution in [0, 0.1) is 11.3 Å². The highest BCUT2D eigenvalue weighted by atomic mass is 16.5. The van der Waals surface area contributed by atoms with Crippen LogP contribution in [0.1, 0.15) is 43.1 Å². The second-order valence-electron chi connectivity index (χ2n) is 6.82. The number of benzene rings is 1. The van der Waals surface area contributed by atoms with Gasteiger partial charge in [0, 0.05) is 25.7 Å². The van der Waals surface area contributed by atoms with Crippen molar-refractivity contribution in [3.05, 3.63) is 41.2 Å². The summed E-state index contributed by atoms with van der Waals surface area (Å²) >= 11 is 0. The van der Waals surface area contributed by atoms with Gasteiger partial charge < -0.3 is 9.84 Å². The van der Waals surface area contributed by atoms with E-state index in [0.29, 0.717) is 36.5 Å². The van der Waals surface area contributed by atoms with Gasteiger partial charge in [-0.2, -0.15) is 5.26 Å². The molecule has 0 saturated carbocycles. The van der Waals surface area contributed by atoms with E-state index in [0.717, 1.165) is 12.1 Å². The predicted octanol–water partition coefficient (Wildman–Crippen LogP) is 1.83. The Morgan fingerprint density at radius 2 is 2.24 bits per heavy atom. The number of β-amino-alcohol motifs (C(OH)–C–C–N with tert-alkyl or cyclic N) is 1. The minimum atomic E-state index is -0.968. The van der Waals surface area contributed by atoms with E-state index in [9.17, 15) is 5.11 Å². The maximum absolute atomic E-state index is 11.0. The molecule has 0 aliphatic carbocycles. The first-order valence-corrected chi connectivity index (χ1v) is 8.39. The molecule has 1 fully saturated rings. The van der Waals surface area contributed by atoms with Crippen molar-refractivity contribution < 1.29 is 9.84 Å². The van der Waals surface area contributed by atoms with Crippen molar-refractivity contribution in [3.63, 3.8) is 0 Å². The summed E-state index contributed by atoms with van der Waals surface area (Å²) in [5.74, 6) is 0.578. The molecule has 1 saturated heterocycles. The third-order valence-corrected chi connectivity index (χ3v) is 4.64. The molecule has 1 aliphatic heterocycles. The Morgan fingerprint density at radius 3 is 2.88 bits per heavy atom. The first-order chi connectivity index (χ1) is 11.9. The molecule has 0 radical (unpaired) electrons. The number of ether oxygens (including phenoxy) is 1. The molecule has 2 aromatic rings. The number of methoxy groups -OCH3 is 1. The summed E-state index contributed by atoms with van der Waals surface area (Å²) in [5.41, 5.74) is 1.23. The Morgan fingerprint density at radius 1 is 1.44 bits per heavy atom. The average Bonchev–Trinajstić information content (AvgIpc) is 3.23. The molecule has 25 heavy (non-hydrogen) atoms. The maximum atomic E-state index is 11.0. The normalized spacial score (nSPS) is 20.8. The van der Waals surface area contributed by atoms with E-state index < -0.39 is 5.60 Å². The van der Waals surface area contributed by atoms with Gasteiger partial charge in [-0.15, -0.1) is 5.10 Å². The fourth-order valence-electron chi connectivity index (χ4n) is 3.14. The fraction of sp³-hybridized carbons (Fsp3) is 0.500. The lowest BCUT2D eigenvalue weighted by Gasteiger charge is -2.21. The summed E-state index contributed by atoms with van der Waals surface area (Å²) in [4.78, 5) is 2.18. The number of nitriles is 1. The van der Waals surface area contributed by atoms with Crippen LogP contribution in [0.4, 0.5) is 0 Å². The van der Waals surface area contributed by atoms with Gasteiger partial charge in [0.15, 0.2) is 0 Å².